The molecule has 26 heavy (non-hydrogen) atoms. The maximum Gasteiger partial charge on any atom is 0.311 e. The number of amides is 2. The minimum absolute atomic E-state index is 0.0252. The van der Waals surface area contributed by atoms with Gasteiger partial charge in [0.1, 0.15) is 0 Å². The number of para-hydroxylation sites is 1. The van der Waals surface area contributed by atoms with Crippen molar-refractivity contribution in [1.82, 2.24) is 4.90 Å². The van der Waals surface area contributed by atoms with E-state index in [1.807, 2.05) is 29.4 Å². The summed E-state index contributed by atoms with van der Waals surface area (Å²) < 4.78 is 5.16. The highest BCUT2D eigenvalue weighted by Crippen LogP contribution is 2.30. The largest absolute Gasteiger partial charge is 0.455 e. The van der Waals surface area contributed by atoms with E-state index in [1.54, 1.807) is 6.07 Å². The molecule has 0 radical (unpaired) electrons. The number of nitrogens with one attached hydrogen (secondary N) is 1. The molecular formula is C19H24N2O4S. The molecule has 1 atom stereocenters. The lowest BCUT2D eigenvalue weighted by Crippen LogP contribution is -2.35. The number of carbonyl (C=O) groups is 3. The Hall–Kier alpha value is -2.02. The standard InChI is InChI=1S/C19H24N2O4S/c1-26-16-9-5-4-8-15(16)20-17(22)12-25-19(24)13-10-18(23)21(11-13)14-6-2-3-7-14/h4-5,8-9,13-14H,2-3,6-7,10-12H2,1H3,(H,20,22)/t13-/m1/s1. The van der Waals surface area contributed by atoms with Crippen molar-refractivity contribution in [1.29, 1.82) is 0 Å². The fourth-order valence-electron chi connectivity index (χ4n) is 3.65. The van der Waals surface area contributed by atoms with Gasteiger partial charge in [-0.05, 0) is 31.2 Å². The van der Waals surface area contributed by atoms with Gasteiger partial charge in [0, 0.05) is 23.9 Å². The molecule has 0 unspecified atom stereocenters. The highest BCUT2D eigenvalue weighted by molar-refractivity contribution is 7.98. The summed E-state index contributed by atoms with van der Waals surface area (Å²) >= 11 is 1.53. The van der Waals surface area contributed by atoms with E-state index >= 15 is 0 Å². The molecule has 1 aromatic carbocycles. The van der Waals surface area contributed by atoms with E-state index < -0.39 is 11.9 Å². The van der Waals surface area contributed by atoms with Gasteiger partial charge in [0.15, 0.2) is 6.61 Å². The second-order valence-electron chi connectivity index (χ2n) is 6.74. The zero-order chi connectivity index (χ0) is 18.5. The van der Waals surface area contributed by atoms with Gasteiger partial charge in [-0.15, -0.1) is 11.8 Å². The Balaban J connectivity index is 1.48. The number of carbonyl (C=O) groups excluding carboxylic acids is 3. The third-order valence-electron chi connectivity index (χ3n) is 4.98. The Morgan fingerprint density at radius 2 is 2.00 bits per heavy atom. The maximum atomic E-state index is 12.2. The first-order valence-corrected chi connectivity index (χ1v) is 10.2. The monoisotopic (exact) mass is 376 g/mol. The molecule has 2 fully saturated rings. The molecule has 2 aliphatic rings. The maximum absolute atomic E-state index is 12.2. The molecule has 1 N–H and O–H groups in total. The molecule has 1 heterocycles. The van der Waals surface area contributed by atoms with Crippen LogP contribution in [0.5, 0.6) is 0 Å². The first-order valence-electron chi connectivity index (χ1n) is 8.97. The third-order valence-corrected chi connectivity index (χ3v) is 5.78. The van der Waals surface area contributed by atoms with Crippen molar-refractivity contribution in [3.63, 3.8) is 0 Å². The molecule has 1 aliphatic carbocycles. The molecule has 1 aromatic rings. The minimum Gasteiger partial charge on any atom is -0.455 e. The van der Waals surface area contributed by atoms with Crippen LogP contribution in [0.3, 0.4) is 0 Å². The summed E-state index contributed by atoms with van der Waals surface area (Å²) in [4.78, 5) is 39.2. The first kappa shape index (κ1) is 18.8. The van der Waals surface area contributed by atoms with E-state index in [1.165, 1.54) is 11.8 Å². The lowest BCUT2D eigenvalue weighted by atomic mass is 10.1. The van der Waals surface area contributed by atoms with Crippen molar-refractivity contribution in [2.24, 2.45) is 5.92 Å². The van der Waals surface area contributed by atoms with Crippen LogP contribution in [0, 0.1) is 5.92 Å². The molecule has 7 heteroatoms. The van der Waals surface area contributed by atoms with E-state index in [9.17, 15) is 14.4 Å². The van der Waals surface area contributed by atoms with E-state index in [4.69, 9.17) is 4.74 Å². The summed E-state index contributed by atoms with van der Waals surface area (Å²) in [5.74, 6) is -1.28. The highest BCUT2D eigenvalue weighted by atomic mass is 32.2. The van der Waals surface area contributed by atoms with Crippen LogP contribution in [-0.4, -0.2) is 48.1 Å². The molecule has 6 nitrogen and oxygen atoms in total. The Bertz CT molecular complexity index is 688. The smallest absolute Gasteiger partial charge is 0.311 e. The van der Waals surface area contributed by atoms with Gasteiger partial charge in [-0.1, -0.05) is 25.0 Å². The number of thioether (sulfide) groups is 1. The molecule has 3 rings (SSSR count). The number of nitrogens with zero attached hydrogens (tertiary/aromatic N) is 1. The Morgan fingerprint density at radius 3 is 2.73 bits per heavy atom. The summed E-state index contributed by atoms with van der Waals surface area (Å²) in [5.41, 5.74) is 0.699. The average molecular weight is 376 g/mol. The third kappa shape index (κ3) is 4.38. The van der Waals surface area contributed by atoms with Crippen LogP contribution in [0.4, 0.5) is 5.69 Å². The van der Waals surface area contributed by atoms with Gasteiger partial charge in [-0.3, -0.25) is 14.4 Å². The first-order chi connectivity index (χ1) is 12.6. The number of anilines is 1. The second-order valence-corrected chi connectivity index (χ2v) is 7.59. The van der Waals surface area contributed by atoms with E-state index in [0.717, 1.165) is 30.6 Å². The molecule has 0 spiro atoms. The van der Waals surface area contributed by atoms with Crippen LogP contribution in [0.15, 0.2) is 29.2 Å². The Morgan fingerprint density at radius 1 is 1.27 bits per heavy atom. The number of hydrogen-bond donors (Lipinski definition) is 1. The lowest BCUT2D eigenvalue weighted by Gasteiger charge is -2.23. The fraction of sp³-hybridized carbons (Fsp3) is 0.526. The SMILES string of the molecule is CSc1ccccc1NC(=O)COC(=O)[C@@H]1CC(=O)N(C2CCCC2)C1. The molecule has 1 saturated heterocycles. The van der Waals surface area contributed by atoms with Crippen molar-refractivity contribution in [3.8, 4) is 0 Å². The molecule has 140 valence electrons. The van der Waals surface area contributed by atoms with Crippen LogP contribution in [0.25, 0.3) is 0 Å². The predicted octanol–water partition coefficient (Wildman–Crippen LogP) is 2.68. The minimum atomic E-state index is -0.466. The van der Waals surface area contributed by atoms with E-state index in [-0.39, 0.29) is 30.9 Å². The number of hydrogen-bond acceptors (Lipinski definition) is 5. The van der Waals surface area contributed by atoms with Crippen molar-refractivity contribution in [3.05, 3.63) is 24.3 Å². The summed E-state index contributed by atoms with van der Waals surface area (Å²) in [6.45, 7) is 0.0783. The van der Waals surface area contributed by atoms with Crippen LogP contribution in [0.1, 0.15) is 32.1 Å². The number of esters is 1. The number of likely N-dealkylation sites (tertiary alicyclic amines) is 1. The van der Waals surface area contributed by atoms with E-state index in [2.05, 4.69) is 5.32 Å². The van der Waals surface area contributed by atoms with Gasteiger partial charge < -0.3 is 15.0 Å². The Labute approximate surface area is 157 Å². The zero-order valence-electron chi connectivity index (χ0n) is 14.9. The van der Waals surface area contributed by atoms with Gasteiger partial charge in [0.05, 0.1) is 11.6 Å². The average Bonchev–Trinajstić information content (AvgIpc) is 3.29. The summed E-state index contributed by atoms with van der Waals surface area (Å²) in [5, 5.41) is 2.76. The van der Waals surface area contributed by atoms with Gasteiger partial charge in [-0.25, -0.2) is 0 Å². The number of rotatable bonds is 6. The summed E-state index contributed by atoms with van der Waals surface area (Å²) in [6.07, 6.45) is 6.43. The topological polar surface area (TPSA) is 75.7 Å². The molecule has 1 aliphatic heterocycles. The molecule has 0 aromatic heterocycles. The highest BCUT2D eigenvalue weighted by Gasteiger charge is 2.39. The molecule has 0 bridgehead atoms. The van der Waals surface area contributed by atoms with Crippen LogP contribution in [-0.2, 0) is 19.1 Å². The molecular weight excluding hydrogens is 352 g/mol. The van der Waals surface area contributed by atoms with Crippen molar-refractivity contribution in [2.75, 3.05) is 24.7 Å². The molecule has 2 amide bonds. The molecule has 1 saturated carbocycles. The fourth-order valence-corrected chi connectivity index (χ4v) is 4.20. The summed E-state index contributed by atoms with van der Waals surface area (Å²) in [6, 6.07) is 7.72. The van der Waals surface area contributed by atoms with Crippen molar-refractivity contribution in [2.45, 2.75) is 43.0 Å². The van der Waals surface area contributed by atoms with E-state index in [0.29, 0.717) is 12.2 Å². The van der Waals surface area contributed by atoms with Crippen LogP contribution < -0.4 is 5.32 Å². The van der Waals surface area contributed by atoms with Gasteiger partial charge >= 0.3 is 5.97 Å². The van der Waals surface area contributed by atoms with Gasteiger partial charge in [0.2, 0.25) is 5.91 Å². The zero-order valence-corrected chi connectivity index (χ0v) is 15.7. The summed E-state index contributed by atoms with van der Waals surface area (Å²) in [7, 11) is 0. The van der Waals surface area contributed by atoms with Crippen molar-refractivity contribution >= 4 is 35.2 Å². The predicted molar refractivity (Wildman–Crippen MR) is 99.9 cm³/mol. The quantitative estimate of drug-likeness (QED) is 0.610. The van der Waals surface area contributed by atoms with Gasteiger partial charge in [-0.2, -0.15) is 0 Å². The number of benzene rings is 1. The Kier molecular flexibility index (Phi) is 6.19. The lowest BCUT2D eigenvalue weighted by molar-refractivity contribution is -0.151. The van der Waals surface area contributed by atoms with Crippen LogP contribution in [0.2, 0.25) is 0 Å². The second kappa shape index (κ2) is 8.58. The van der Waals surface area contributed by atoms with Crippen LogP contribution >= 0.6 is 11.8 Å². The normalized spacial score (nSPS) is 20.4. The van der Waals surface area contributed by atoms with Gasteiger partial charge in [0.25, 0.3) is 5.91 Å². The number of ether oxygens (including phenoxy) is 1. The van der Waals surface area contributed by atoms with Crippen molar-refractivity contribution < 1.29 is 19.1 Å².